The van der Waals surface area contributed by atoms with Gasteiger partial charge in [0.2, 0.25) is 5.91 Å². The SMILES string of the molecule is Cl.O=C(C1CCCN1)N1CCC(c2c[nH]c3ccccc23)CC1. The molecule has 2 saturated heterocycles. The zero-order valence-electron chi connectivity index (χ0n) is 13.3. The molecule has 1 aromatic heterocycles. The van der Waals surface area contributed by atoms with Crippen molar-refractivity contribution < 1.29 is 4.79 Å². The first-order valence-electron chi connectivity index (χ1n) is 8.41. The summed E-state index contributed by atoms with van der Waals surface area (Å²) in [6.07, 6.45) is 6.43. The highest BCUT2D eigenvalue weighted by Gasteiger charge is 2.30. The molecule has 23 heavy (non-hydrogen) atoms. The monoisotopic (exact) mass is 333 g/mol. The fraction of sp³-hybridized carbons (Fsp3) is 0.500. The molecule has 5 heteroatoms. The maximum Gasteiger partial charge on any atom is 0.239 e. The van der Waals surface area contributed by atoms with E-state index in [0.29, 0.717) is 11.8 Å². The molecule has 1 amide bonds. The number of halogens is 1. The molecule has 0 bridgehead atoms. The molecule has 4 rings (SSSR count). The number of hydrogen-bond acceptors (Lipinski definition) is 2. The van der Waals surface area contributed by atoms with E-state index < -0.39 is 0 Å². The van der Waals surface area contributed by atoms with Crippen LogP contribution in [0.1, 0.15) is 37.2 Å². The number of carbonyl (C=O) groups excluding carboxylic acids is 1. The molecule has 1 atom stereocenters. The van der Waals surface area contributed by atoms with E-state index >= 15 is 0 Å². The van der Waals surface area contributed by atoms with Crippen molar-refractivity contribution in [1.29, 1.82) is 0 Å². The van der Waals surface area contributed by atoms with Crippen molar-refractivity contribution in [3.05, 3.63) is 36.0 Å². The van der Waals surface area contributed by atoms with Gasteiger partial charge in [0, 0.05) is 30.2 Å². The molecule has 0 saturated carbocycles. The fourth-order valence-corrected chi connectivity index (χ4v) is 3.96. The number of benzene rings is 1. The summed E-state index contributed by atoms with van der Waals surface area (Å²) in [6, 6.07) is 8.57. The Bertz CT molecular complexity index is 670. The van der Waals surface area contributed by atoms with E-state index in [2.05, 4.69) is 45.7 Å². The number of carbonyl (C=O) groups is 1. The highest BCUT2D eigenvalue weighted by Crippen LogP contribution is 2.33. The number of hydrogen-bond donors (Lipinski definition) is 2. The average Bonchev–Trinajstić information content (AvgIpc) is 3.24. The molecule has 2 aromatic rings. The highest BCUT2D eigenvalue weighted by atomic mass is 35.5. The van der Waals surface area contributed by atoms with Gasteiger partial charge in [-0.1, -0.05) is 18.2 Å². The molecule has 1 aromatic carbocycles. The second-order valence-electron chi connectivity index (χ2n) is 6.54. The van der Waals surface area contributed by atoms with Gasteiger partial charge in [-0.15, -0.1) is 12.4 Å². The number of H-pyrrole nitrogens is 1. The zero-order chi connectivity index (χ0) is 14.9. The van der Waals surface area contributed by atoms with Crippen molar-refractivity contribution in [1.82, 2.24) is 15.2 Å². The Morgan fingerprint density at radius 3 is 2.65 bits per heavy atom. The number of likely N-dealkylation sites (tertiary alicyclic amines) is 1. The summed E-state index contributed by atoms with van der Waals surface area (Å²) in [4.78, 5) is 17.9. The lowest BCUT2D eigenvalue weighted by atomic mass is 9.89. The van der Waals surface area contributed by atoms with Crippen molar-refractivity contribution in [2.24, 2.45) is 0 Å². The predicted octanol–water partition coefficient (Wildman–Crippen LogP) is 3.05. The molecule has 2 fully saturated rings. The number of piperidine rings is 1. The molecule has 3 heterocycles. The van der Waals surface area contributed by atoms with Crippen LogP contribution in [0.15, 0.2) is 30.5 Å². The quantitative estimate of drug-likeness (QED) is 0.887. The maximum absolute atomic E-state index is 12.5. The van der Waals surface area contributed by atoms with Crippen LogP contribution in [0.5, 0.6) is 0 Å². The third kappa shape index (κ3) is 3.10. The Labute approximate surface area is 143 Å². The minimum atomic E-state index is 0. The predicted molar refractivity (Wildman–Crippen MR) is 95.1 cm³/mol. The van der Waals surface area contributed by atoms with Crippen molar-refractivity contribution in [3.63, 3.8) is 0 Å². The molecule has 124 valence electrons. The fourth-order valence-electron chi connectivity index (χ4n) is 3.96. The number of nitrogens with one attached hydrogen (secondary N) is 2. The van der Waals surface area contributed by atoms with Gasteiger partial charge in [0.05, 0.1) is 6.04 Å². The molecule has 1 unspecified atom stereocenters. The van der Waals surface area contributed by atoms with Gasteiger partial charge in [0.25, 0.3) is 0 Å². The summed E-state index contributed by atoms with van der Waals surface area (Å²) in [6.45, 7) is 2.77. The number of aromatic nitrogens is 1. The van der Waals surface area contributed by atoms with E-state index in [4.69, 9.17) is 0 Å². The van der Waals surface area contributed by atoms with E-state index in [0.717, 1.165) is 45.3 Å². The van der Waals surface area contributed by atoms with Crippen molar-refractivity contribution >= 4 is 29.2 Å². The second kappa shape index (κ2) is 6.93. The molecule has 0 radical (unpaired) electrons. The van der Waals surface area contributed by atoms with Gasteiger partial charge in [-0.2, -0.15) is 0 Å². The van der Waals surface area contributed by atoms with Crippen molar-refractivity contribution in [3.8, 4) is 0 Å². The molecule has 2 aliphatic heterocycles. The van der Waals surface area contributed by atoms with Gasteiger partial charge in [-0.25, -0.2) is 0 Å². The summed E-state index contributed by atoms with van der Waals surface area (Å²) in [7, 11) is 0. The number of nitrogens with zero attached hydrogens (tertiary/aromatic N) is 1. The molecule has 0 aliphatic carbocycles. The highest BCUT2D eigenvalue weighted by molar-refractivity contribution is 5.85. The Kier molecular flexibility index (Phi) is 4.93. The molecular formula is C18H24ClN3O. The summed E-state index contributed by atoms with van der Waals surface area (Å²) >= 11 is 0. The van der Waals surface area contributed by atoms with Crippen LogP contribution < -0.4 is 5.32 Å². The Morgan fingerprint density at radius 1 is 1.13 bits per heavy atom. The van der Waals surface area contributed by atoms with Crippen molar-refractivity contribution in [2.45, 2.75) is 37.6 Å². The van der Waals surface area contributed by atoms with E-state index in [-0.39, 0.29) is 18.4 Å². The van der Waals surface area contributed by atoms with E-state index in [1.807, 2.05) is 0 Å². The van der Waals surface area contributed by atoms with E-state index in [9.17, 15) is 4.79 Å². The standard InChI is InChI=1S/C18H23N3O.ClH/c22-18(17-6-3-9-19-17)21-10-7-13(8-11-21)15-12-20-16-5-2-1-4-14(15)16;/h1-2,4-5,12-13,17,19-20H,3,6-11H2;1H. The maximum atomic E-state index is 12.5. The van der Waals surface area contributed by atoms with Crippen LogP contribution in [0.2, 0.25) is 0 Å². The number of aromatic amines is 1. The van der Waals surface area contributed by atoms with Crippen LogP contribution in [-0.4, -0.2) is 41.5 Å². The van der Waals surface area contributed by atoms with Gasteiger partial charge < -0.3 is 15.2 Å². The zero-order valence-corrected chi connectivity index (χ0v) is 14.1. The van der Waals surface area contributed by atoms with Crippen LogP contribution in [-0.2, 0) is 4.79 Å². The van der Waals surface area contributed by atoms with Crippen LogP contribution >= 0.6 is 12.4 Å². The van der Waals surface area contributed by atoms with Gasteiger partial charge in [0.1, 0.15) is 0 Å². The summed E-state index contributed by atoms with van der Waals surface area (Å²) in [5.41, 5.74) is 2.63. The Hall–Kier alpha value is -1.52. The average molecular weight is 334 g/mol. The third-order valence-electron chi connectivity index (χ3n) is 5.23. The summed E-state index contributed by atoms with van der Waals surface area (Å²) in [5, 5.41) is 4.66. The first kappa shape index (κ1) is 16.3. The first-order chi connectivity index (χ1) is 10.8. The number of rotatable bonds is 2. The van der Waals surface area contributed by atoms with Crippen LogP contribution in [0.25, 0.3) is 10.9 Å². The summed E-state index contributed by atoms with van der Waals surface area (Å²) < 4.78 is 0. The Morgan fingerprint density at radius 2 is 1.91 bits per heavy atom. The van der Waals surface area contributed by atoms with Crippen LogP contribution in [0.3, 0.4) is 0 Å². The molecule has 2 aliphatic rings. The van der Waals surface area contributed by atoms with Crippen molar-refractivity contribution in [2.75, 3.05) is 19.6 Å². The van der Waals surface area contributed by atoms with E-state index in [1.54, 1.807) is 0 Å². The van der Waals surface area contributed by atoms with Gasteiger partial charge in [0.15, 0.2) is 0 Å². The third-order valence-corrected chi connectivity index (χ3v) is 5.23. The van der Waals surface area contributed by atoms with Crippen LogP contribution in [0.4, 0.5) is 0 Å². The number of para-hydroxylation sites is 1. The molecule has 4 nitrogen and oxygen atoms in total. The molecule has 0 spiro atoms. The van der Waals surface area contributed by atoms with Gasteiger partial charge in [-0.05, 0) is 49.8 Å². The smallest absolute Gasteiger partial charge is 0.239 e. The molecular weight excluding hydrogens is 310 g/mol. The summed E-state index contributed by atoms with van der Waals surface area (Å²) in [5.74, 6) is 0.881. The first-order valence-corrected chi connectivity index (χ1v) is 8.41. The lowest BCUT2D eigenvalue weighted by molar-refractivity contribution is -0.134. The van der Waals surface area contributed by atoms with Gasteiger partial charge >= 0.3 is 0 Å². The Balaban J connectivity index is 0.00000156. The van der Waals surface area contributed by atoms with E-state index in [1.165, 1.54) is 16.5 Å². The van der Waals surface area contributed by atoms with Crippen LogP contribution in [0, 0.1) is 0 Å². The minimum Gasteiger partial charge on any atom is -0.361 e. The number of fused-ring (bicyclic) bond motifs is 1. The largest absolute Gasteiger partial charge is 0.361 e. The molecule has 2 N–H and O–H groups in total. The topological polar surface area (TPSA) is 48.1 Å². The normalized spacial score (nSPS) is 22.3. The lowest BCUT2D eigenvalue weighted by Crippen LogP contribution is -2.46. The van der Waals surface area contributed by atoms with Gasteiger partial charge in [-0.3, -0.25) is 4.79 Å². The second-order valence-corrected chi connectivity index (χ2v) is 6.54. The minimum absolute atomic E-state index is 0. The lowest BCUT2D eigenvalue weighted by Gasteiger charge is -2.33. The number of amides is 1.